The van der Waals surface area contributed by atoms with Gasteiger partial charge in [-0.25, -0.2) is 0 Å². The van der Waals surface area contributed by atoms with Crippen molar-refractivity contribution in [2.45, 2.75) is 124 Å². The van der Waals surface area contributed by atoms with Gasteiger partial charge in [0.05, 0.1) is 13.8 Å². The summed E-state index contributed by atoms with van der Waals surface area (Å²) in [5.41, 5.74) is 18.7. The van der Waals surface area contributed by atoms with Gasteiger partial charge in [0.2, 0.25) is 5.88 Å². The van der Waals surface area contributed by atoms with Crippen molar-refractivity contribution in [3.8, 4) is 0 Å². The van der Waals surface area contributed by atoms with Crippen LogP contribution in [0, 0.1) is 0 Å². The van der Waals surface area contributed by atoms with Crippen LogP contribution in [0.3, 0.4) is 0 Å². The molecule has 0 atom stereocenters. The highest BCUT2D eigenvalue weighted by atomic mass is 28.3. The molecule has 0 spiro atoms. The number of hydrogen-bond acceptors (Lipinski definition) is 4. The molecule has 10 rings (SSSR count). The number of furan rings is 1. The van der Waals surface area contributed by atoms with Crippen molar-refractivity contribution in [1.82, 2.24) is 0 Å². The molecule has 1 aromatic heterocycles. The van der Waals surface area contributed by atoms with E-state index in [1.165, 1.54) is 54.9 Å². The van der Waals surface area contributed by atoms with Crippen LogP contribution in [0.5, 0.6) is 0 Å². The van der Waals surface area contributed by atoms with E-state index >= 15 is 0 Å². The average molecular weight is 924 g/mol. The van der Waals surface area contributed by atoms with E-state index in [2.05, 4.69) is 269 Å². The molecule has 3 heterocycles. The quantitative estimate of drug-likeness (QED) is 0.155. The smallest absolute Gasteiger partial charge is 0.257 e. The highest BCUT2D eigenvalue weighted by molar-refractivity contribution is 7.01. The van der Waals surface area contributed by atoms with Gasteiger partial charge in [0.25, 0.3) is 6.71 Å². The monoisotopic (exact) mass is 924 g/mol. The zero-order valence-corrected chi connectivity index (χ0v) is 44.8. The minimum Gasteiger partial charge on any atom is -0.440 e. The Labute approximate surface area is 414 Å². The summed E-state index contributed by atoms with van der Waals surface area (Å²) in [4.78, 5) is 7.44. The van der Waals surface area contributed by atoms with Crippen LogP contribution in [0.15, 0.2) is 156 Å². The molecule has 0 amide bonds. The van der Waals surface area contributed by atoms with Gasteiger partial charge >= 0.3 is 0 Å². The molecular weight excluding hydrogens is 854 g/mol. The van der Waals surface area contributed by atoms with Gasteiger partial charge in [0.1, 0.15) is 5.58 Å². The normalized spacial score (nSPS) is 13.9. The molecule has 0 bridgehead atoms. The maximum Gasteiger partial charge on any atom is 0.257 e. The number of fused-ring (bicyclic) bond motifs is 6. The van der Waals surface area contributed by atoms with E-state index in [1.54, 1.807) is 0 Å². The molecule has 0 saturated heterocycles. The van der Waals surface area contributed by atoms with Crippen LogP contribution in [0.4, 0.5) is 51.4 Å². The number of nitrogens with zero attached hydrogens (tertiary/aromatic N) is 3. The lowest BCUT2D eigenvalue weighted by atomic mass is 9.33. The van der Waals surface area contributed by atoms with Crippen LogP contribution in [0.2, 0.25) is 19.6 Å². The van der Waals surface area contributed by atoms with E-state index < -0.39 is 8.07 Å². The molecule has 69 heavy (non-hydrogen) atoms. The van der Waals surface area contributed by atoms with Crippen molar-refractivity contribution in [2.24, 2.45) is 0 Å². The molecule has 350 valence electrons. The van der Waals surface area contributed by atoms with Gasteiger partial charge in [-0.2, -0.15) is 0 Å². The van der Waals surface area contributed by atoms with Crippen molar-refractivity contribution in [3.63, 3.8) is 0 Å². The van der Waals surface area contributed by atoms with Crippen molar-refractivity contribution >= 4 is 98.7 Å². The summed E-state index contributed by atoms with van der Waals surface area (Å²) >= 11 is 0. The largest absolute Gasteiger partial charge is 0.440 e. The standard InChI is InChI=1S/C63H70BN3OSi/c1-60(2,3)41-21-27-47(28-22-41)66-53-35-25-44(63(10,11)12)38-52(53)64-57-51-37-43(62(7,8)9)26-36-56(51)68-59(57)67(48-29-23-42(24-30-48)61(4,5)6)55-40-49(39-54(66)58(55)64)65(45-19-17-16-18-20-45)46-31-33-50(34-32-46)69(13,14)15/h16-40H,1-15H3. The maximum absolute atomic E-state index is 7.36. The second-order valence-corrected chi connectivity index (χ2v) is 29.9. The summed E-state index contributed by atoms with van der Waals surface area (Å²) in [7, 11) is -1.56. The van der Waals surface area contributed by atoms with E-state index in [-0.39, 0.29) is 28.4 Å². The summed E-state index contributed by atoms with van der Waals surface area (Å²) in [5.74, 6) is 0.876. The molecule has 6 heteroatoms. The average Bonchev–Trinajstić information content (AvgIpc) is 3.66. The first-order chi connectivity index (χ1) is 32.4. The van der Waals surface area contributed by atoms with E-state index in [4.69, 9.17) is 4.42 Å². The van der Waals surface area contributed by atoms with Crippen molar-refractivity contribution < 1.29 is 4.42 Å². The van der Waals surface area contributed by atoms with Crippen LogP contribution in [0.1, 0.15) is 105 Å². The molecule has 8 aromatic rings. The van der Waals surface area contributed by atoms with E-state index in [9.17, 15) is 0 Å². The van der Waals surface area contributed by atoms with Gasteiger partial charge < -0.3 is 14.2 Å². The summed E-state index contributed by atoms with van der Waals surface area (Å²) < 4.78 is 7.36. The Morgan fingerprint density at radius 1 is 0.435 bits per heavy atom. The molecule has 2 aliphatic rings. The van der Waals surface area contributed by atoms with Crippen LogP contribution in [-0.4, -0.2) is 14.8 Å². The topological polar surface area (TPSA) is 22.9 Å². The highest BCUT2D eigenvalue weighted by Crippen LogP contribution is 2.50. The van der Waals surface area contributed by atoms with Gasteiger partial charge in [-0.05, 0) is 134 Å². The molecule has 0 aliphatic carbocycles. The predicted molar refractivity (Wildman–Crippen MR) is 303 cm³/mol. The second kappa shape index (κ2) is 16.2. The summed E-state index contributed by atoms with van der Waals surface area (Å²) in [6, 6.07) is 57.9. The Bertz CT molecular complexity index is 3230. The number of hydrogen-bond donors (Lipinski definition) is 0. The minimum absolute atomic E-state index is 0.00277. The summed E-state index contributed by atoms with van der Waals surface area (Å²) in [5, 5.41) is 2.61. The molecular formula is C63H70BN3OSi. The Balaban J connectivity index is 1.36. The van der Waals surface area contributed by atoms with Crippen LogP contribution in [0.25, 0.3) is 11.0 Å². The predicted octanol–water partition coefficient (Wildman–Crippen LogP) is 15.7. The second-order valence-electron chi connectivity index (χ2n) is 24.9. The zero-order chi connectivity index (χ0) is 49.2. The first-order valence-electron chi connectivity index (χ1n) is 25.0. The fraction of sp³-hybridized carbons (Fsp3) is 0.302. The van der Waals surface area contributed by atoms with Gasteiger partial charge in [-0.3, -0.25) is 4.90 Å². The zero-order valence-electron chi connectivity index (χ0n) is 43.8. The molecule has 0 radical (unpaired) electrons. The molecule has 2 aliphatic heterocycles. The third-order valence-corrected chi connectivity index (χ3v) is 16.7. The highest BCUT2D eigenvalue weighted by Gasteiger charge is 2.47. The molecule has 0 fully saturated rings. The number of rotatable bonds is 6. The van der Waals surface area contributed by atoms with Gasteiger partial charge in [0, 0.05) is 50.7 Å². The lowest BCUT2D eigenvalue weighted by molar-refractivity contribution is 0.589. The van der Waals surface area contributed by atoms with E-state index in [0.29, 0.717) is 0 Å². The Morgan fingerprint density at radius 2 is 0.913 bits per heavy atom. The maximum atomic E-state index is 7.36. The van der Waals surface area contributed by atoms with Crippen LogP contribution >= 0.6 is 0 Å². The molecule has 4 nitrogen and oxygen atoms in total. The lowest BCUT2D eigenvalue weighted by Gasteiger charge is -2.44. The SMILES string of the molecule is CC(C)(C)c1ccc(N2c3ccc(C(C)(C)C)cc3B3c4c2cc(N(c2ccccc2)c2ccc([Si](C)(C)C)cc2)cc4N(c2ccc(C(C)(C)C)cc2)c2oc4ccc(C(C)(C)C)cc4c23)cc1. The van der Waals surface area contributed by atoms with Crippen molar-refractivity contribution in [1.29, 1.82) is 0 Å². The van der Waals surface area contributed by atoms with Gasteiger partial charge in [0.15, 0.2) is 0 Å². The van der Waals surface area contributed by atoms with Crippen molar-refractivity contribution in [2.75, 3.05) is 14.7 Å². The van der Waals surface area contributed by atoms with Crippen LogP contribution in [-0.2, 0) is 21.7 Å². The molecule has 0 unspecified atom stereocenters. The molecule has 0 N–H and O–H groups in total. The minimum atomic E-state index is -1.56. The van der Waals surface area contributed by atoms with Gasteiger partial charge in [-0.15, -0.1) is 0 Å². The number of benzene rings is 7. The Kier molecular flexibility index (Phi) is 10.9. The fourth-order valence-corrected chi connectivity index (χ4v) is 11.6. The molecule has 7 aromatic carbocycles. The fourth-order valence-electron chi connectivity index (χ4n) is 10.5. The Morgan fingerprint density at radius 3 is 1.45 bits per heavy atom. The van der Waals surface area contributed by atoms with E-state index in [0.717, 1.165) is 51.3 Å². The first kappa shape index (κ1) is 46.5. The van der Waals surface area contributed by atoms with Gasteiger partial charge in [-0.1, -0.05) is 181 Å². The summed E-state index contributed by atoms with van der Waals surface area (Å²) in [6.07, 6.45) is 0. The van der Waals surface area contributed by atoms with Crippen LogP contribution < -0.4 is 36.3 Å². The van der Waals surface area contributed by atoms with E-state index in [1.807, 2.05) is 0 Å². The third-order valence-electron chi connectivity index (χ3n) is 14.6. The number of para-hydroxylation sites is 1. The lowest BCUT2D eigenvalue weighted by Crippen LogP contribution is -2.61. The molecule has 0 saturated carbocycles. The number of anilines is 9. The Hall–Kier alpha value is -6.24. The third kappa shape index (κ3) is 8.23. The van der Waals surface area contributed by atoms with Crippen molar-refractivity contribution in [3.05, 3.63) is 174 Å². The first-order valence-corrected chi connectivity index (χ1v) is 28.5. The summed E-state index contributed by atoms with van der Waals surface area (Å²) in [6.45, 7) is 34.8.